The van der Waals surface area contributed by atoms with E-state index in [0.717, 1.165) is 29.8 Å². The highest BCUT2D eigenvalue weighted by molar-refractivity contribution is 5.78. The van der Waals surface area contributed by atoms with Crippen LogP contribution in [0.15, 0.2) is 18.2 Å². The molecule has 0 radical (unpaired) electrons. The van der Waals surface area contributed by atoms with Crippen molar-refractivity contribution >= 4 is 17.0 Å². The maximum absolute atomic E-state index is 13.5. The molecule has 0 saturated heterocycles. The van der Waals surface area contributed by atoms with Gasteiger partial charge in [0.15, 0.2) is 0 Å². The van der Waals surface area contributed by atoms with E-state index in [9.17, 15) is 4.39 Å². The van der Waals surface area contributed by atoms with Crippen LogP contribution in [0.3, 0.4) is 0 Å². The maximum Gasteiger partial charge on any atom is 0.201 e. The molecule has 4 heteroatoms. The van der Waals surface area contributed by atoms with E-state index in [0.29, 0.717) is 12.0 Å². The Morgan fingerprint density at radius 2 is 2.05 bits per heavy atom. The second-order valence-electron chi connectivity index (χ2n) is 5.94. The number of anilines is 1. The van der Waals surface area contributed by atoms with Crippen molar-refractivity contribution in [2.24, 2.45) is 5.92 Å². The summed E-state index contributed by atoms with van der Waals surface area (Å²) in [4.78, 5) is 4.36. The number of aromatic nitrogens is 2. The van der Waals surface area contributed by atoms with Crippen LogP contribution in [0, 0.1) is 11.7 Å². The van der Waals surface area contributed by atoms with Gasteiger partial charge in [-0.05, 0) is 49.8 Å². The number of nitrogen functional groups attached to an aromatic ring is 1. The smallest absolute Gasteiger partial charge is 0.201 e. The van der Waals surface area contributed by atoms with Crippen molar-refractivity contribution in [1.29, 1.82) is 0 Å². The molecule has 0 spiro atoms. The predicted molar refractivity (Wildman–Crippen MR) is 80.0 cm³/mol. The Bertz CT molecular complexity index is 597. The summed E-state index contributed by atoms with van der Waals surface area (Å²) in [7, 11) is 0. The summed E-state index contributed by atoms with van der Waals surface area (Å²) >= 11 is 0. The van der Waals surface area contributed by atoms with Gasteiger partial charge in [0.05, 0.1) is 11.0 Å². The van der Waals surface area contributed by atoms with Crippen molar-refractivity contribution in [3.63, 3.8) is 0 Å². The number of fused-ring (bicyclic) bond motifs is 1. The third-order valence-electron chi connectivity index (χ3n) is 4.56. The van der Waals surface area contributed by atoms with Gasteiger partial charge < -0.3 is 10.3 Å². The molecular formula is C16H22FN3. The quantitative estimate of drug-likeness (QED) is 0.908. The van der Waals surface area contributed by atoms with Gasteiger partial charge in [-0.25, -0.2) is 9.37 Å². The zero-order valence-corrected chi connectivity index (χ0v) is 12.0. The predicted octanol–water partition coefficient (Wildman–Crippen LogP) is 4.29. The van der Waals surface area contributed by atoms with E-state index in [4.69, 9.17) is 5.73 Å². The van der Waals surface area contributed by atoms with E-state index >= 15 is 0 Å². The van der Waals surface area contributed by atoms with Crippen molar-refractivity contribution in [2.75, 3.05) is 5.73 Å². The number of nitrogens with two attached hydrogens (primary N) is 1. The fourth-order valence-electron chi connectivity index (χ4n) is 3.57. The van der Waals surface area contributed by atoms with Crippen molar-refractivity contribution in [3.8, 4) is 0 Å². The molecule has 0 bridgehead atoms. The minimum absolute atomic E-state index is 0.224. The molecule has 2 N–H and O–H groups in total. The third-order valence-corrected chi connectivity index (χ3v) is 4.56. The lowest BCUT2D eigenvalue weighted by molar-refractivity contribution is 0.267. The Labute approximate surface area is 119 Å². The fourth-order valence-corrected chi connectivity index (χ4v) is 3.57. The molecule has 1 heterocycles. The molecule has 0 aliphatic heterocycles. The molecule has 1 saturated carbocycles. The molecule has 108 valence electrons. The lowest BCUT2D eigenvalue weighted by Crippen LogP contribution is -2.19. The van der Waals surface area contributed by atoms with Crippen LogP contribution >= 0.6 is 0 Å². The highest BCUT2D eigenvalue weighted by atomic mass is 19.1. The summed E-state index contributed by atoms with van der Waals surface area (Å²) < 4.78 is 15.5. The van der Waals surface area contributed by atoms with Gasteiger partial charge in [-0.1, -0.05) is 19.8 Å². The van der Waals surface area contributed by atoms with Crippen molar-refractivity contribution in [3.05, 3.63) is 24.0 Å². The maximum atomic E-state index is 13.5. The standard InChI is InChI=1S/C16H22FN3/c1-2-3-11-4-7-13(8-5-11)20-15-10-12(17)6-9-14(15)19-16(20)18/h6,9-11,13H,2-5,7-8H2,1H3,(H2,18,19). The number of halogens is 1. The SMILES string of the molecule is CCCC1CCC(n2c(N)nc3ccc(F)cc32)CC1. The lowest BCUT2D eigenvalue weighted by Gasteiger charge is -2.30. The van der Waals surface area contributed by atoms with Crippen LogP contribution in [0.25, 0.3) is 11.0 Å². The lowest BCUT2D eigenvalue weighted by atomic mass is 9.83. The first-order valence-corrected chi connectivity index (χ1v) is 7.62. The molecule has 3 rings (SSSR count). The minimum Gasteiger partial charge on any atom is -0.369 e. The van der Waals surface area contributed by atoms with Gasteiger partial charge in [-0.3, -0.25) is 0 Å². The average molecular weight is 275 g/mol. The van der Waals surface area contributed by atoms with Crippen LogP contribution in [0.2, 0.25) is 0 Å². The van der Waals surface area contributed by atoms with E-state index in [-0.39, 0.29) is 5.82 Å². The van der Waals surface area contributed by atoms with Crippen LogP contribution in [0.5, 0.6) is 0 Å². The summed E-state index contributed by atoms with van der Waals surface area (Å²) in [5.41, 5.74) is 7.68. The topological polar surface area (TPSA) is 43.8 Å². The molecule has 20 heavy (non-hydrogen) atoms. The Morgan fingerprint density at radius 1 is 1.30 bits per heavy atom. The molecule has 2 aromatic rings. The summed E-state index contributed by atoms with van der Waals surface area (Å²) in [6.07, 6.45) is 7.31. The number of rotatable bonds is 3. The molecule has 3 nitrogen and oxygen atoms in total. The summed E-state index contributed by atoms with van der Waals surface area (Å²) in [5, 5.41) is 0. The number of hydrogen-bond acceptors (Lipinski definition) is 2. The van der Waals surface area contributed by atoms with E-state index in [1.165, 1.54) is 31.7 Å². The van der Waals surface area contributed by atoms with Crippen molar-refractivity contribution < 1.29 is 4.39 Å². The highest BCUT2D eigenvalue weighted by Crippen LogP contribution is 2.37. The largest absolute Gasteiger partial charge is 0.369 e. The second-order valence-corrected chi connectivity index (χ2v) is 5.94. The molecule has 0 atom stereocenters. The Morgan fingerprint density at radius 3 is 2.75 bits per heavy atom. The Hall–Kier alpha value is -1.58. The number of imidazole rings is 1. The van der Waals surface area contributed by atoms with E-state index < -0.39 is 0 Å². The highest BCUT2D eigenvalue weighted by Gasteiger charge is 2.24. The van der Waals surface area contributed by atoms with Gasteiger partial charge in [0.1, 0.15) is 5.82 Å². The van der Waals surface area contributed by atoms with Gasteiger partial charge in [-0.15, -0.1) is 0 Å². The molecule has 1 aromatic heterocycles. The second kappa shape index (κ2) is 5.43. The van der Waals surface area contributed by atoms with Gasteiger partial charge >= 0.3 is 0 Å². The Kier molecular flexibility index (Phi) is 3.64. The van der Waals surface area contributed by atoms with Gasteiger partial charge in [0.25, 0.3) is 0 Å². The van der Waals surface area contributed by atoms with E-state index in [2.05, 4.69) is 11.9 Å². The molecule has 1 aliphatic carbocycles. The van der Waals surface area contributed by atoms with Crippen molar-refractivity contribution in [1.82, 2.24) is 9.55 Å². The molecule has 0 unspecified atom stereocenters. The molecular weight excluding hydrogens is 253 g/mol. The van der Waals surface area contributed by atoms with E-state index in [1.54, 1.807) is 12.1 Å². The van der Waals surface area contributed by atoms with Crippen molar-refractivity contribution in [2.45, 2.75) is 51.5 Å². The Balaban J connectivity index is 1.87. The monoisotopic (exact) mass is 275 g/mol. The first kappa shape index (κ1) is 13.4. The molecule has 1 fully saturated rings. The normalized spacial score (nSPS) is 23.3. The number of hydrogen-bond donors (Lipinski definition) is 1. The molecule has 0 amide bonds. The zero-order valence-electron chi connectivity index (χ0n) is 12.0. The molecule has 1 aliphatic rings. The summed E-state index contributed by atoms with van der Waals surface area (Å²) in [5.74, 6) is 1.15. The average Bonchev–Trinajstić information content (AvgIpc) is 2.76. The van der Waals surface area contributed by atoms with E-state index in [1.807, 2.05) is 4.57 Å². The first-order chi connectivity index (χ1) is 9.69. The van der Waals surface area contributed by atoms with Crippen LogP contribution < -0.4 is 5.73 Å². The first-order valence-electron chi connectivity index (χ1n) is 7.62. The third kappa shape index (κ3) is 2.39. The zero-order chi connectivity index (χ0) is 14.1. The summed E-state index contributed by atoms with van der Waals surface area (Å²) in [6, 6.07) is 5.07. The van der Waals surface area contributed by atoms with Gasteiger partial charge in [0.2, 0.25) is 5.95 Å². The summed E-state index contributed by atoms with van der Waals surface area (Å²) in [6.45, 7) is 2.25. The van der Waals surface area contributed by atoms with Crippen LogP contribution in [-0.2, 0) is 0 Å². The van der Waals surface area contributed by atoms with Crippen LogP contribution in [0.4, 0.5) is 10.3 Å². The van der Waals surface area contributed by atoms with Crippen LogP contribution in [-0.4, -0.2) is 9.55 Å². The minimum atomic E-state index is -0.224. The number of benzene rings is 1. The molecule has 1 aromatic carbocycles. The van der Waals surface area contributed by atoms with Gasteiger partial charge in [-0.2, -0.15) is 0 Å². The van der Waals surface area contributed by atoms with Crippen LogP contribution in [0.1, 0.15) is 51.5 Å². The number of nitrogens with zero attached hydrogens (tertiary/aromatic N) is 2. The fraction of sp³-hybridized carbons (Fsp3) is 0.562. The van der Waals surface area contributed by atoms with Gasteiger partial charge in [0, 0.05) is 6.04 Å².